The highest BCUT2D eigenvalue weighted by atomic mass is 127. The molecule has 2 rings (SSSR count). The third-order valence-electron chi connectivity index (χ3n) is 3.84. The minimum Gasteiger partial charge on any atom is -0.494 e. The van der Waals surface area contributed by atoms with E-state index in [-0.39, 0.29) is 36.4 Å². The summed E-state index contributed by atoms with van der Waals surface area (Å²) < 4.78 is 5.64. The van der Waals surface area contributed by atoms with Gasteiger partial charge in [-0.2, -0.15) is 0 Å². The zero-order valence-electron chi connectivity index (χ0n) is 16.2. The van der Waals surface area contributed by atoms with Gasteiger partial charge in [-0.15, -0.1) is 24.0 Å². The molecule has 0 saturated heterocycles. The van der Waals surface area contributed by atoms with E-state index in [4.69, 9.17) is 4.74 Å². The fourth-order valence-corrected chi connectivity index (χ4v) is 2.42. The van der Waals surface area contributed by atoms with Gasteiger partial charge in [-0.25, -0.2) is 0 Å². The molecule has 1 amide bonds. The van der Waals surface area contributed by atoms with Crippen molar-refractivity contribution in [2.75, 3.05) is 33.3 Å². The molecular formula is C21H29IN4O2. The Hall–Kier alpha value is -2.29. The summed E-state index contributed by atoms with van der Waals surface area (Å²) in [6.45, 7) is 2.14. The summed E-state index contributed by atoms with van der Waals surface area (Å²) >= 11 is 0. The van der Waals surface area contributed by atoms with E-state index in [0.717, 1.165) is 18.6 Å². The number of carbonyl (C=O) groups excluding carboxylic acids is 1. The van der Waals surface area contributed by atoms with E-state index in [0.29, 0.717) is 25.7 Å². The zero-order chi connectivity index (χ0) is 19.2. The highest BCUT2D eigenvalue weighted by Gasteiger charge is 2.03. The summed E-state index contributed by atoms with van der Waals surface area (Å²) in [6.07, 6.45) is 1.65. The number of benzene rings is 2. The van der Waals surface area contributed by atoms with E-state index in [1.165, 1.54) is 5.56 Å². The Balaban J connectivity index is 0.00000392. The van der Waals surface area contributed by atoms with Crippen molar-refractivity contribution in [3.05, 3.63) is 66.2 Å². The second kappa shape index (κ2) is 14.7. The van der Waals surface area contributed by atoms with E-state index < -0.39 is 0 Å². The van der Waals surface area contributed by atoms with Gasteiger partial charge < -0.3 is 20.7 Å². The van der Waals surface area contributed by atoms with E-state index in [1.807, 2.05) is 48.5 Å². The van der Waals surface area contributed by atoms with Crippen LogP contribution in [0.4, 0.5) is 0 Å². The van der Waals surface area contributed by atoms with Gasteiger partial charge in [-0.1, -0.05) is 48.5 Å². The number of halogens is 1. The summed E-state index contributed by atoms with van der Waals surface area (Å²) in [5.74, 6) is 1.42. The highest BCUT2D eigenvalue weighted by molar-refractivity contribution is 14.0. The molecule has 7 heteroatoms. The largest absolute Gasteiger partial charge is 0.494 e. The van der Waals surface area contributed by atoms with Crippen LogP contribution in [-0.2, 0) is 11.2 Å². The Labute approximate surface area is 184 Å². The smallest absolute Gasteiger partial charge is 0.239 e. The topological polar surface area (TPSA) is 74.8 Å². The molecule has 0 heterocycles. The Kier molecular flexibility index (Phi) is 12.5. The molecule has 0 radical (unpaired) electrons. The molecule has 28 heavy (non-hydrogen) atoms. The van der Waals surface area contributed by atoms with Crippen molar-refractivity contribution in [2.24, 2.45) is 4.99 Å². The zero-order valence-corrected chi connectivity index (χ0v) is 18.5. The van der Waals surface area contributed by atoms with Crippen LogP contribution in [-0.4, -0.2) is 45.2 Å². The minimum absolute atomic E-state index is 0. The first kappa shape index (κ1) is 23.7. The van der Waals surface area contributed by atoms with E-state index >= 15 is 0 Å². The van der Waals surface area contributed by atoms with Gasteiger partial charge in [0, 0.05) is 20.1 Å². The predicted molar refractivity (Wildman–Crippen MR) is 124 cm³/mol. The Morgan fingerprint density at radius 2 is 1.61 bits per heavy atom. The molecule has 0 aromatic heterocycles. The fraction of sp³-hybridized carbons (Fsp3) is 0.333. The van der Waals surface area contributed by atoms with Gasteiger partial charge in [0.15, 0.2) is 5.96 Å². The number of hydrogen-bond donors (Lipinski definition) is 3. The van der Waals surface area contributed by atoms with E-state index in [1.54, 1.807) is 7.05 Å². The third kappa shape index (κ3) is 10.1. The monoisotopic (exact) mass is 496 g/mol. The van der Waals surface area contributed by atoms with Crippen molar-refractivity contribution >= 4 is 35.8 Å². The SMILES string of the molecule is CN=C(NCCCOc1ccccc1)NCC(=O)NCCc1ccccc1.I. The van der Waals surface area contributed by atoms with Gasteiger partial charge in [0.25, 0.3) is 0 Å². The molecule has 0 aliphatic rings. The lowest BCUT2D eigenvalue weighted by Gasteiger charge is -2.12. The second-order valence-electron chi connectivity index (χ2n) is 5.95. The van der Waals surface area contributed by atoms with Crippen LogP contribution in [0, 0.1) is 0 Å². The van der Waals surface area contributed by atoms with Crippen molar-refractivity contribution in [2.45, 2.75) is 12.8 Å². The molecular weight excluding hydrogens is 467 g/mol. The van der Waals surface area contributed by atoms with Crippen molar-refractivity contribution in [1.29, 1.82) is 0 Å². The first-order valence-electron chi connectivity index (χ1n) is 9.21. The lowest BCUT2D eigenvalue weighted by atomic mass is 10.1. The molecule has 0 spiro atoms. The molecule has 0 aliphatic heterocycles. The van der Waals surface area contributed by atoms with Gasteiger partial charge in [0.05, 0.1) is 13.2 Å². The number of nitrogens with zero attached hydrogens (tertiary/aromatic N) is 1. The number of ether oxygens (including phenoxy) is 1. The van der Waals surface area contributed by atoms with Gasteiger partial charge >= 0.3 is 0 Å². The molecule has 0 atom stereocenters. The van der Waals surface area contributed by atoms with Crippen LogP contribution >= 0.6 is 24.0 Å². The van der Waals surface area contributed by atoms with Gasteiger partial charge in [0.2, 0.25) is 5.91 Å². The van der Waals surface area contributed by atoms with Crippen LogP contribution in [0.5, 0.6) is 5.75 Å². The molecule has 3 N–H and O–H groups in total. The molecule has 6 nitrogen and oxygen atoms in total. The minimum atomic E-state index is -0.0544. The Morgan fingerprint density at radius 1 is 0.929 bits per heavy atom. The lowest BCUT2D eigenvalue weighted by Crippen LogP contribution is -2.43. The van der Waals surface area contributed by atoms with Crippen LogP contribution in [0.15, 0.2) is 65.7 Å². The van der Waals surface area contributed by atoms with Gasteiger partial charge in [-0.05, 0) is 30.5 Å². The number of para-hydroxylation sites is 1. The number of hydrogen-bond acceptors (Lipinski definition) is 3. The molecule has 0 fully saturated rings. The lowest BCUT2D eigenvalue weighted by molar-refractivity contribution is -0.119. The average molecular weight is 496 g/mol. The normalized spacial score (nSPS) is 10.5. The van der Waals surface area contributed by atoms with Crippen LogP contribution in [0.25, 0.3) is 0 Å². The number of rotatable bonds is 10. The van der Waals surface area contributed by atoms with Crippen molar-refractivity contribution in [3.8, 4) is 5.75 Å². The standard InChI is InChI=1S/C21H28N4O2.HI/c1-22-21(24-14-8-16-27-19-11-6-3-7-12-19)25-17-20(26)23-15-13-18-9-4-2-5-10-18;/h2-7,9-12H,8,13-17H2,1H3,(H,23,26)(H2,22,24,25);1H. The number of aliphatic imine (C=N–C) groups is 1. The van der Waals surface area contributed by atoms with Crippen molar-refractivity contribution in [3.63, 3.8) is 0 Å². The number of amides is 1. The fourth-order valence-electron chi connectivity index (χ4n) is 2.42. The maximum Gasteiger partial charge on any atom is 0.239 e. The number of carbonyl (C=O) groups is 1. The van der Waals surface area contributed by atoms with Crippen LogP contribution < -0.4 is 20.7 Å². The van der Waals surface area contributed by atoms with E-state index in [9.17, 15) is 4.79 Å². The van der Waals surface area contributed by atoms with Crippen LogP contribution in [0.3, 0.4) is 0 Å². The molecule has 2 aromatic rings. The number of nitrogens with one attached hydrogen (secondary N) is 3. The first-order chi connectivity index (χ1) is 13.3. The molecule has 0 bridgehead atoms. The van der Waals surface area contributed by atoms with Crippen molar-refractivity contribution < 1.29 is 9.53 Å². The molecule has 2 aromatic carbocycles. The van der Waals surface area contributed by atoms with Gasteiger partial charge in [0.1, 0.15) is 5.75 Å². The van der Waals surface area contributed by atoms with Gasteiger partial charge in [-0.3, -0.25) is 9.79 Å². The highest BCUT2D eigenvalue weighted by Crippen LogP contribution is 2.07. The Morgan fingerprint density at radius 3 is 2.29 bits per heavy atom. The maximum absolute atomic E-state index is 11.9. The first-order valence-corrected chi connectivity index (χ1v) is 9.21. The second-order valence-corrected chi connectivity index (χ2v) is 5.95. The third-order valence-corrected chi connectivity index (χ3v) is 3.84. The quantitative estimate of drug-likeness (QED) is 0.205. The summed E-state index contributed by atoms with van der Waals surface area (Å²) in [7, 11) is 1.68. The van der Waals surface area contributed by atoms with Crippen molar-refractivity contribution in [1.82, 2.24) is 16.0 Å². The molecule has 0 aliphatic carbocycles. The molecule has 0 saturated carbocycles. The average Bonchev–Trinajstić information content (AvgIpc) is 2.71. The Bertz CT molecular complexity index is 696. The molecule has 152 valence electrons. The predicted octanol–water partition coefficient (Wildman–Crippen LogP) is 2.60. The summed E-state index contributed by atoms with van der Waals surface area (Å²) in [6, 6.07) is 19.8. The molecule has 0 unspecified atom stereocenters. The summed E-state index contributed by atoms with van der Waals surface area (Å²) in [5.41, 5.74) is 1.21. The van der Waals surface area contributed by atoms with E-state index in [2.05, 4.69) is 33.1 Å². The van der Waals surface area contributed by atoms with Crippen LogP contribution in [0.2, 0.25) is 0 Å². The summed E-state index contributed by atoms with van der Waals surface area (Å²) in [5, 5.41) is 9.09. The maximum atomic E-state index is 11.9. The van der Waals surface area contributed by atoms with Crippen LogP contribution in [0.1, 0.15) is 12.0 Å². The number of guanidine groups is 1. The summed E-state index contributed by atoms with van der Waals surface area (Å²) in [4.78, 5) is 16.0.